The van der Waals surface area contributed by atoms with Crippen molar-refractivity contribution >= 4 is 56.7 Å². The summed E-state index contributed by atoms with van der Waals surface area (Å²) in [5.41, 5.74) is 5.25. The highest BCUT2D eigenvalue weighted by Crippen LogP contribution is 2.31. The summed E-state index contributed by atoms with van der Waals surface area (Å²) < 4.78 is 29.6. The number of benzene rings is 3. The first kappa shape index (κ1) is 28.8. The molecule has 40 heavy (non-hydrogen) atoms. The van der Waals surface area contributed by atoms with Crippen LogP contribution in [0.1, 0.15) is 17.0 Å². The zero-order chi connectivity index (χ0) is 29.0. The number of nitro groups is 1. The molecule has 1 N–H and O–H groups in total. The van der Waals surface area contributed by atoms with Crippen molar-refractivity contribution in [2.24, 2.45) is 5.10 Å². The number of anilines is 1. The maximum Gasteiger partial charge on any atom is 0.269 e. The average molecular weight is 600 g/mol. The number of carbonyl (C=O) groups is 1. The lowest BCUT2D eigenvalue weighted by Gasteiger charge is -2.23. The Kier molecular flexibility index (Phi) is 8.58. The predicted octanol–water partition coefficient (Wildman–Crippen LogP) is 5.65. The van der Waals surface area contributed by atoms with Crippen molar-refractivity contribution in [1.82, 2.24) is 9.99 Å². The van der Waals surface area contributed by atoms with Crippen LogP contribution in [-0.4, -0.2) is 36.6 Å². The van der Waals surface area contributed by atoms with Gasteiger partial charge in [-0.2, -0.15) is 5.10 Å². The maximum atomic E-state index is 13.4. The van der Waals surface area contributed by atoms with Gasteiger partial charge in [-0.25, -0.2) is 13.8 Å². The fourth-order valence-electron chi connectivity index (χ4n) is 4.07. The Morgan fingerprint density at radius 2 is 1.73 bits per heavy atom. The van der Waals surface area contributed by atoms with Gasteiger partial charge < -0.3 is 4.57 Å². The molecule has 1 heterocycles. The maximum absolute atomic E-state index is 13.4. The molecule has 206 valence electrons. The number of hydrazone groups is 1. The second-order valence-corrected chi connectivity index (χ2v) is 11.3. The fraction of sp³-hybridized carbons (Fsp3) is 0.111. The molecule has 4 rings (SSSR count). The van der Waals surface area contributed by atoms with E-state index in [0.717, 1.165) is 15.7 Å². The van der Waals surface area contributed by atoms with Crippen LogP contribution in [0.2, 0.25) is 10.0 Å². The molecule has 0 aliphatic rings. The van der Waals surface area contributed by atoms with Crippen LogP contribution in [-0.2, 0) is 14.8 Å². The molecule has 0 unspecified atom stereocenters. The van der Waals surface area contributed by atoms with E-state index in [1.54, 1.807) is 30.3 Å². The van der Waals surface area contributed by atoms with Crippen LogP contribution >= 0.6 is 23.2 Å². The Balaban J connectivity index is 1.57. The van der Waals surface area contributed by atoms with Crippen molar-refractivity contribution in [3.8, 4) is 5.69 Å². The van der Waals surface area contributed by atoms with E-state index in [-0.39, 0.29) is 16.3 Å². The van der Waals surface area contributed by atoms with E-state index < -0.39 is 27.4 Å². The third kappa shape index (κ3) is 6.01. The molecule has 0 aliphatic heterocycles. The smallest absolute Gasteiger partial charge is 0.269 e. The quantitative estimate of drug-likeness (QED) is 0.151. The summed E-state index contributed by atoms with van der Waals surface area (Å²) in [6, 6.07) is 19.6. The molecule has 1 amide bonds. The number of nitrogens with one attached hydrogen (secondary N) is 1. The Hall–Kier alpha value is -4.19. The van der Waals surface area contributed by atoms with Gasteiger partial charge in [-0.3, -0.25) is 19.2 Å². The molecular formula is C27H23Cl2N5O5S. The minimum Gasteiger partial charge on any atom is -0.316 e. The molecule has 4 aromatic rings. The van der Waals surface area contributed by atoms with Crippen molar-refractivity contribution in [2.45, 2.75) is 18.7 Å². The first-order valence-corrected chi connectivity index (χ1v) is 14.0. The molecule has 0 bridgehead atoms. The standard InChI is InChI=1S/C27H23Cl2N5O5S/c1-18-15-20(19(2)33(18)25-10-6-9-24(28)27(25)29)16-30-31-26(35)17-32(21-11-13-22(14-12-21)34(36)37)40(38,39)23-7-4-3-5-8-23/h3-16H,17H2,1-2H3,(H,31,35)/b30-16-. The van der Waals surface area contributed by atoms with Gasteiger partial charge in [-0.15, -0.1) is 0 Å². The zero-order valence-electron chi connectivity index (χ0n) is 21.3. The van der Waals surface area contributed by atoms with E-state index in [1.807, 2.05) is 30.5 Å². The molecule has 0 fully saturated rings. The van der Waals surface area contributed by atoms with E-state index in [4.69, 9.17) is 23.2 Å². The lowest BCUT2D eigenvalue weighted by molar-refractivity contribution is -0.384. The number of sulfonamides is 1. The van der Waals surface area contributed by atoms with Gasteiger partial charge >= 0.3 is 0 Å². The lowest BCUT2D eigenvalue weighted by atomic mass is 10.2. The number of non-ortho nitro benzene ring substituents is 1. The van der Waals surface area contributed by atoms with Crippen LogP contribution in [0.4, 0.5) is 11.4 Å². The zero-order valence-corrected chi connectivity index (χ0v) is 23.6. The summed E-state index contributed by atoms with van der Waals surface area (Å²) in [6.45, 7) is 3.12. The van der Waals surface area contributed by atoms with Crippen LogP contribution in [0.25, 0.3) is 5.69 Å². The highest BCUT2D eigenvalue weighted by Gasteiger charge is 2.27. The van der Waals surface area contributed by atoms with Gasteiger partial charge in [0.2, 0.25) is 0 Å². The fourth-order valence-corrected chi connectivity index (χ4v) is 5.89. The normalized spacial score (nSPS) is 11.5. The number of nitrogens with zero attached hydrogens (tertiary/aromatic N) is 4. The number of aryl methyl sites for hydroxylation is 1. The summed E-state index contributed by atoms with van der Waals surface area (Å²) in [4.78, 5) is 23.3. The number of nitro benzene ring substituents is 1. The van der Waals surface area contributed by atoms with Gasteiger partial charge in [0.05, 0.1) is 37.5 Å². The second-order valence-electron chi connectivity index (χ2n) is 8.63. The molecule has 1 aromatic heterocycles. The van der Waals surface area contributed by atoms with Crippen molar-refractivity contribution in [3.63, 3.8) is 0 Å². The molecule has 0 atom stereocenters. The van der Waals surface area contributed by atoms with E-state index in [2.05, 4.69) is 10.5 Å². The number of hydrogen-bond donors (Lipinski definition) is 1. The summed E-state index contributed by atoms with van der Waals surface area (Å²) in [6.07, 6.45) is 1.44. The lowest BCUT2D eigenvalue weighted by Crippen LogP contribution is -2.39. The molecule has 0 saturated carbocycles. The van der Waals surface area contributed by atoms with E-state index in [1.165, 1.54) is 42.6 Å². The molecule has 13 heteroatoms. The van der Waals surface area contributed by atoms with Crippen LogP contribution in [0.3, 0.4) is 0 Å². The van der Waals surface area contributed by atoms with Crippen molar-refractivity contribution < 1.29 is 18.1 Å². The largest absolute Gasteiger partial charge is 0.316 e. The summed E-state index contributed by atoms with van der Waals surface area (Å²) in [5.74, 6) is -0.721. The monoisotopic (exact) mass is 599 g/mol. The molecule has 10 nitrogen and oxygen atoms in total. The topological polar surface area (TPSA) is 127 Å². The van der Waals surface area contributed by atoms with Crippen molar-refractivity contribution in [3.05, 3.63) is 116 Å². The van der Waals surface area contributed by atoms with E-state index in [0.29, 0.717) is 21.3 Å². The second kappa shape index (κ2) is 11.9. The number of amides is 1. The van der Waals surface area contributed by atoms with E-state index >= 15 is 0 Å². The number of aromatic nitrogens is 1. The molecular weight excluding hydrogens is 577 g/mol. The Labute approximate surface area is 240 Å². The Bertz CT molecular complexity index is 1710. The van der Waals surface area contributed by atoms with Gasteiger partial charge in [0.25, 0.3) is 21.6 Å². The third-order valence-electron chi connectivity index (χ3n) is 6.00. The van der Waals surface area contributed by atoms with Crippen LogP contribution < -0.4 is 9.73 Å². The molecule has 0 aliphatic carbocycles. The highest BCUT2D eigenvalue weighted by atomic mass is 35.5. The van der Waals surface area contributed by atoms with Gasteiger partial charge in [0.15, 0.2) is 0 Å². The van der Waals surface area contributed by atoms with Gasteiger partial charge in [0.1, 0.15) is 6.54 Å². The Morgan fingerprint density at radius 1 is 1.05 bits per heavy atom. The first-order chi connectivity index (χ1) is 19.0. The van der Waals surface area contributed by atoms with Gasteiger partial charge in [-0.05, 0) is 56.3 Å². The third-order valence-corrected chi connectivity index (χ3v) is 8.60. The SMILES string of the molecule is Cc1cc(/C=N\NC(=O)CN(c2ccc([N+](=O)[O-])cc2)S(=O)(=O)c2ccccc2)c(C)n1-c1cccc(Cl)c1Cl. The summed E-state index contributed by atoms with van der Waals surface area (Å²) >= 11 is 12.6. The number of hydrogen-bond acceptors (Lipinski definition) is 6. The Morgan fingerprint density at radius 3 is 2.38 bits per heavy atom. The molecule has 3 aromatic carbocycles. The summed E-state index contributed by atoms with van der Waals surface area (Å²) in [7, 11) is -4.18. The minimum atomic E-state index is -4.18. The highest BCUT2D eigenvalue weighted by molar-refractivity contribution is 7.92. The van der Waals surface area contributed by atoms with Crippen molar-refractivity contribution in [2.75, 3.05) is 10.8 Å². The average Bonchev–Trinajstić information content (AvgIpc) is 3.21. The van der Waals surface area contributed by atoms with Crippen molar-refractivity contribution in [1.29, 1.82) is 0 Å². The number of rotatable bonds is 9. The van der Waals surface area contributed by atoms with E-state index in [9.17, 15) is 23.3 Å². The van der Waals surface area contributed by atoms with Gasteiger partial charge in [-0.1, -0.05) is 47.5 Å². The van der Waals surface area contributed by atoms with Crippen LogP contribution in [0.15, 0.2) is 88.9 Å². The minimum absolute atomic E-state index is 0.0447. The molecule has 0 spiro atoms. The van der Waals surface area contributed by atoms with Crippen LogP contribution in [0.5, 0.6) is 0 Å². The van der Waals surface area contributed by atoms with Gasteiger partial charge in [0, 0.05) is 29.1 Å². The summed E-state index contributed by atoms with van der Waals surface area (Å²) in [5, 5.41) is 15.9. The molecule has 0 radical (unpaired) electrons. The predicted molar refractivity (Wildman–Crippen MR) is 155 cm³/mol. The number of carbonyl (C=O) groups excluding carboxylic acids is 1. The number of halogens is 2. The first-order valence-electron chi connectivity index (χ1n) is 11.8. The molecule has 0 saturated heterocycles. The van der Waals surface area contributed by atoms with Crippen LogP contribution in [0, 0.1) is 24.0 Å².